The minimum Gasteiger partial charge on any atom is -1.00 e. The summed E-state index contributed by atoms with van der Waals surface area (Å²) in [5.41, 5.74) is 36.3. The molecule has 2 aromatic rings. The van der Waals surface area contributed by atoms with Gasteiger partial charge in [0.2, 0.25) is 47.3 Å². The van der Waals surface area contributed by atoms with Crippen LogP contribution in [0.2, 0.25) is 0 Å². The van der Waals surface area contributed by atoms with Crippen molar-refractivity contribution in [2.75, 3.05) is 197 Å². The van der Waals surface area contributed by atoms with Crippen LogP contribution in [0, 0.1) is 0 Å². The van der Waals surface area contributed by atoms with E-state index in [1.165, 1.54) is 33.1 Å². The molecule has 0 fully saturated rings. The Bertz CT molecular complexity index is 2800. The minimum atomic E-state index is -1.39. The van der Waals surface area contributed by atoms with Crippen LogP contribution in [0.25, 0.3) is 20.9 Å². The Kier molecular flexibility index (Phi) is 73.7. The molecule has 4 atom stereocenters. The van der Waals surface area contributed by atoms with Crippen molar-refractivity contribution in [3.8, 4) is 0 Å². The van der Waals surface area contributed by atoms with Crippen molar-refractivity contribution in [3.63, 3.8) is 0 Å². The summed E-state index contributed by atoms with van der Waals surface area (Å²) in [6.07, 6.45) is 1.96. The summed E-state index contributed by atoms with van der Waals surface area (Å²) in [4.78, 5) is 132. The molecule has 0 aliphatic rings. The molecule has 0 radical (unpaired) electrons. The maximum absolute atomic E-state index is 13.3. The van der Waals surface area contributed by atoms with E-state index in [4.69, 9.17) is 41.5 Å². The summed E-state index contributed by atoms with van der Waals surface area (Å²) in [6, 6.07) is 12.4. The first kappa shape index (κ1) is 105. The first-order valence-electron chi connectivity index (χ1n) is 36.4. The summed E-state index contributed by atoms with van der Waals surface area (Å²) in [5.74, 6) is -6.65. The smallest absolute Gasteiger partial charge is 0.308 e. The lowest BCUT2D eigenvalue weighted by atomic mass is 10.1. The first-order valence-corrected chi connectivity index (χ1v) is 36.4. The van der Waals surface area contributed by atoms with Gasteiger partial charge in [0.25, 0.3) is 0 Å². The molecule has 8 amide bonds. The van der Waals surface area contributed by atoms with Crippen LogP contribution in [-0.2, 0) is 80.1 Å². The number of nitrogens with two attached hydrogens (primary N) is 2. The second kappa shape index (κ2) is 76.5. The fraction of sp³-hybridized carbons (Fsp3) is 0.672. The highest BCUT2D eigenvalue weighted by molar-refractivity contribution is 5.97. The van der Waals surface area contributed by atoms with Crippen LogP contribution in [0.4, 0.5) is 0 Å². The average Bonchev–Trinajstić information content (AvgIpc) is 0.879. The molecule has 2 aromatic carbocycles. The molecular formula is C67H124Cl2N26O14. The Morgan fingerprint density at radius 3 is 1.06 bits per heavy atom. The number of amides is 8. The number of nitrogens with zero attached hydrogens (tertiary/aromatic N) is 6. The van der Waals surface area contributed by atoms with Gasteiger partial charge < -0.3 is 152 Å². The molecule has 42 heteroatoms. The van der Waals surface area contributed by atoms with Gasteiger partial charge in [-0.3, -0.25) is 47.9 Å². The summed E-state index contributed by atoms with van der Waals surface area (Å²) in [6.45, 7) is 19.9. The molecule has 620 valence electrons. The number of hydrogen-bond donors (Lipinski definition) is 20. The summed E-state index contributed by atoms with van der Waals surface area (Å²) < 4.78 is 21.0. The van der Waals surface area contributed by atoms with Crippen molar-refractivity contribution in [2.24, 2.45) is 21.7 Å². The van der Waals surface area contributed by atoms with E-state index in [1.807, 2.05) is 12.1 Å². The van der Waals surface area contributed by atoms with Gasteiger partial charge >= 0.3 is 11.9 Å². The fourth-order valence-corrected chi connectivity index (χ4v) is 8.98. The van der Waals surface area contributed by atoms with Crippen molar-refractivity contribution in [3.05, 3.63) is 92.7 Å². The highest BCUT2D eigenvalue weighted by Gasteiger charge is 2.32. The van der Waals surface area contributed by atoms with Crippen molar-refractivity contribution < 1.29 is 103 Å². The number of quaternary nitrogens is 2. The highest BCUT2D eigenvalue weighted by Crippen LogP contribution is 2.08. The van der Waals surface area contributed by atoms with Gasteiger partial charge in [-0.1, -0.05) is 77.3 Å². The number of carbonyl (C=O) groups is 10. The van der Waals surface area contributed by atoms with E-state index in [1.54, 1.807) is 48.5 Å². The number of esters is 2. The molecule has 0 heterocycles. The van der Waals surface area contributed by atoms with Crippen LogP contribution < -0.4 is 133 Å². The molecule has 0 aliphatic carbocycles. The quantitative estimate of drug-likeness (QED) is 0.00961. The molecular weight excluding hydrogens is 1460 g/mol. The molecule has 0 saturated heterocycles. The van der Waals surface area contributed by atoms with Gasteiger partial charge in [-0.15, -0.1) is 0 Å². The molecule has 26 N–H and O–H groups in total. The zero-order valence-electron chi connectivity index (χ0n) is 63.4. The summed E-state index contributed by atoms with van der Waals surface area (Å²) >= 11 is 0. The lowest BCUT2D eigenvalue weighted by Crippen LogP contribution is -3.00. The Balaban J connectivity index is -0.00000176. The van der Waals surface area contributed by atoms with Gasteiger partial charge in [-0.2, -0.15) is 0 Å². The molecule has 0 spiro atoms. The van der Waals surface area contributed by atoms with E-state index in [0.29, 0.717) is 39.3 Å². The standard InChI is InChI=1S/C30H64N16O6.C28H34N6O8.C9H24N4.2ClH/c1-24(47)44-26(23-28(49)41-17-15-39-13-11-37-9-7-35-5-3-32)30(51)45-25(29(50)42-18-20-52-21-19-43-46-33)22-27(48)40-16-14-38-12-10-36-8-6-34-4-2-31;1-20(35)32-24(17-26(37)42-19-22-10-6-3-7-11-22)28(39)33-23(27(38)30-12-14-40-15-13-31-34-29)16-25(36)41-18-21-8-4-2-5-9-21;10-4-8-12-6-2-1-3-7-13-9-5-11;;/h25-26,34-39H,2-23,31-32H2,1H3,(H,40,48)(H,41,49)(H,42,50)(H,44,47)(H,45,51);2-11,23-24H,12-19H2,1H3,(H,30,38)(H,32,35)(H,33,39);12-13H,1-11H2;2*1H/t25-,26+;23-,24+;;;/m00.../s1. The Labute approximate surface area is 651 Å². The van der Waals surface area contributed by atoms with E-state index in [0.717, 1.165) is 116 Å². The third-order valence-electron chi connectivity index (χ3n) is 14.3. The SMILES string of the molecule is CC(=O)N[C@H](CC(=O)NCCNCCNCCNCC[NH3+])C(=O)N[C@@H](CC(=O)NCCNCCNCCNCC[NH3+])C(=O)NCCOCCN=[N+]=[N-].CC(=O)N[C@H](CC(=O)OCc1ccccc1)C(=O)N[C@@H](CC(=O)OCc1ccccc1)C(=O)NCCOCCN=[N+]=[N-].NCCNCCCCCNCCN.[Cl-].[Cl-]. The maximum Gasteiger partial charge on any atom is 0.308 e. The van der Waals surface area contributed by atoms with E-state index < -0.39 is 96.2 Å². The second-order valence-corrected chi connectivity index (χ2v) is 23.5. The second-order valence-electron chi connectivity index (χ2n) is 23.5. The van der Waals surface area contributed by atoms with E-state index >= 15 is 0 Å². The van der Waals surface area contributed by atoms with Crippen molar-refractivity contribution in [1.82, 2.24) is 85.1 Å². The van der Waals surface area contributed by atoms with Gasteiger partial charge in [0.15, 0.2) is 0 Å². The highest BCUT2D eigenvalue weighted by atomic mass is 35.5. The van der Waals surface area contributed by atoms with Gasteiger partial charge in [-0.05, 0) is 48.1 Å². The van der Waals surface area contributed by atoms with Gasteiger partial charge in [0, 0.05) is 168 Å². The molecule has 0 saturated carbocycles. The molecule has 109 heavy (non-hydrogen) atoms. The number of hydrogen-bond acceptors (Lipinski definition) is 26. The van der Waals surface area contributed by atoms with Crippen LogP contribution in [0.5, 0.6) is 0 Å². The fourth-order valence-electron chi connectivity index (χ4n) is 8.98. The number of halogens is 2. The monoisotopic (exact) mass is 1590 g/mol. The number of azide groups is 2. The lowest BCUT2D eigenvalue weighted by Gasteiger charge is -2.22. The zero-order valence-corrected chi connectivity index (χ0v) is 64.9. The predicted molar refractivity (Wildman–Crippen MR) is 402 cm³/mol. The number of rotatable bonds is 64. The minimum absolute atomic E-state index is 0. The van der Waals surface area contributed by atoms with Crippen LogP contribution in [0.3, 0.4) is 0 Å². The number of carbonyl (C=O) groups excluding carboxylic acids is 10. The van der Waals surface area contributed by atoms with E-state index in [2.05, 4.69) is 117 Å². The van der Waals surface area contributed by atoms with Crippen LogP contribution in [0.1, 0.15) is 69.9 Å². The predicted octanol–water partition coefficient (Wildman–Crippen LogP) is -12.6. The zero-order chi connectivity index (χ0) is 78.9. The first-order chi connectivity index (χ1) is 51.9. The van der Waals surface area contributed by atoms with Crippen molar-refractivity contribution >= 4 is 59.2 Å². The summed E-state index contributed by atoms with van der Waals surface area (Å²) in [5, 5.41) is 53.1. The average molecular weight is 1590 g/mol. The molecule has 0 unspecified atom stereocenters. The van der Waals surface area contributed by atoms with E-state index in [9.17, 15) is 47.9 Å². The lowest BCUT2D eigenvalue weighted by molar-refractivity contribution is -0.365. The number of ether oxygens (including phenoxy) is 4. The molecule has 0 aliphatic heterocycles. The maximum atomic E-state index is 13.3. The van der Waals surface area contributed by atoms with E-state index in [-0.39, 0.29) is 103 Å². The number of benzene rings is 2. The largest absolute Gasteiger partial charge is 1.00 e. The number of unbranched alkanes of at least 4 members (excludes halogenated alkanes) is 2. The Morgan fingerprint density at radius 2 is 0.716 bits per heavy atom. The normalized spacial score (nSPS) is 11.4. The van der Waals surface area contributed by atoms with Crippen molar-refractivity contribution in [2.45, 2.75) is 96.2 Å². The van der Waals surface area contributed by atoms with Gasteiger partial charge in [-0.25, -0.2) is 0 Å². The van der Waals surface area contributed by atoms with Crippen molar-refractivity contribution in [1.29, 1.82) is 0 Å². The number of nitrogens with one attached hydrogen (secondary N) is 16. The van der Waals surface area contributed by atoms with Gasteiger partial charge in [0.05, 0.1) is 65.2 Å². The molecule has 0 bridgehead atoms. The third-order valence-corrected chi connectivity index (χ3v) is 14.3. The molecule has 40 nitrogen and oxygen atoms in total. The van der Waals surface area contributed by atoms with Crippen LogP contribution in [0.15, 0.2) is 70.9 Å². The van der Waals surface area contributed by atoms with Gasteiger partial charge in [0.1, 0.15) is 37.4 Å². The Hall–Kier alpha value is -8.22. The summed E-state index contributed by atoms with van der Waals surface area (Å²) in [7, 11) is 0. The van der Waals surface area contributed by atoms with Crippen LogP contribution in [-0.4, -0.2) is 280 Å². The topological polar surface area (TPSA) is 605 Å². The van der Waals surface area contributed by atoms with Crippen LogP contribution >= 0.6 is 0 Å². The molecule has 2 rings (SSSR count). The molecule has 0 aromatic heterocycles. The Morgan fingerprint density at radius 1 is 0.394 bits per heavy atom. The third kappa shape index (κ3) is 66.5.